The average molecular weight is 478 g/mol. The molecule has 1 amide bonds. The first kappa shape index (κ1) is 21.1. The molecule has 0 spiro atoms. The SMILES string of the molecule is C[C@@H]1C[C@@H](O)c2ncnc(N3CCN(C(=O)C(CN)c4ccc(Br)c(F)c4)CC3)c21. The van der Waals surface area contributed by atoms with Crippen LogP contribution in [0.5, 0.6) is 0 Å². The number of benzene rings is 1. The maximum Gasteiger partial charge on any atom is 0.231 e. The van der Waals surface area contributed by atoms with Crippen LogP contribution in [-0.2, 0) is 4.79 Å². The van der Waals surface area contributed by atoms with Crippen LogP contribution in [0.4, 0.5) is 10.2 Å². The number of anilines is 1. The van der Waals surface area contributed by atoms with E-state index in [1.165, 1.54) is 12.4 Å². The Morgan fingerprint density at radius 2 is 2.07 bits per heavy atom. The lowest BCUT2D eigenvalue weighted by Gasteiger charge is -2.37. The zero-order valence-electron chi connectivity index (χ0n) is 16.8. The van der Waals surface area contributed by atoms with Crippen molar-refractivity contribution in [3.8, 4) is 0 Å². The number of aromatic nitrogens is 2. The Hall–Kier alpha value is -2.10. The lowest BCUT2D eigenvalue weighted by molar-refractivity contribution is -0.132. The number of nitrogens with zero attached hydrogens (tertiary/aromatic N) is 4. The van der Waals surface area contributed by atoms with Gasteiger partial charge < -0.3 is 20.6 Å². The highest BCUT2D eigenvalue weighted by Gasteiger charge is 2.34. The maximum absolute atomic E-state index is 13.9. The molecular formula is C21H25BrFN5O2. The van der Waals surface area contributed by atoms with E-state index in [9.17, 15) is 14.3 Å². The Morgan fingerprint density at radius 1 is 1.33 bits per heavy atom. The molecule has 9 heteroatoms. The molecule has 0 bridgehead atoms. The molecule has 4 rings (SSSR count). The molecule has 30 heavy (non-hydrogen) atoms. The van der Waals surface area contributed by atoms with Crippen molar-refractivity contribution in [1.82, 2.24) is 14.9 Å². The van der Waals surface area contributed by atoms with Gasteiger partial charge in [-0.2, -0.15) is 0 Å². The molecule has 0 saturated carbocycles. The van der Waals surface area contributed by atoms with E-state index >= 15 is 0 Å². The van der Waals surface area contributed by atoms with Crippen molar-refractivity contribution in [2.75, 3.05) is 37.6 Å². The van der Waals surface area contributed by atoms with E-state index in [1.807, 2.05) is 0 Å². The third kappa shape index (κ3) is 3.81. The summed E-state index contributed by atoms with van der Waals surface area (Å²) >= 11 is 3.14. The first-order valence-electron chi connectivity index (χ1n) is 10.1. The van der Waals surface area contributed by atoms with Crippen LogP contribution in [0.25, 0.3) is 0 Å². The molecule has 3 N–H and O–H groups in total. The summed E-state index contributed by atoms with van der Waals surface area (Å²) in [6.07, 6.45) is 1.61. The minimum absolute atomic E-state index is 0.0874. The lowest BCUT2D eigenvalue weighted by atomic mass is 9.97. The van der Waals surface area contributed by atoms with Crippen LogP contribution in [0.1, 0.15) is 48.1 Å². The Labute approximate surface area is 183 Å². The molecule has 0 radical (unpaired) electrons. The number of amides is 1. The predicted octanol–water partition coefficient (Wildman–Crippen LogP) is 2.31. The number of fused-ring (bicyclic) bond motifs is 1. The van der Waals surface area contributed by atoms with Crippen molar-refractivity contribution in [3.05, 3.63) is 51.6 Å². The summed E-state index contributed by atoms with van der Waals surface area (Å²) in [6, 6.07) is 4.70. The second-order valence-corrected chi connectivity index (χ2v) is 8.78. The van der Waals surface area contributed by atoms with E-state index in [2.05, 4.69) is 37.7 Å². The minimum atomic E-state index is -0.572. The van der Waals surface area contributed by atoms with Gasteiger partial charge in [0.15, 0.2) is 0 Å². The molecule has 1 fully saturated rings. The van der Waals surface area contributed by atoms with E-state index in [4.69, 9.17) is 5.73 Å². The molecule has 1 unspecified atom stereocenters. The van der Waals surface area contributed by atoms with Crippen LogP contribution in [0.2, 0.25) is 0 Å². The quantitative estimate of drug-likeness (QED) is 0.701. The van der Waals surface area contributed by atoms with Gasteiger partial charge in [0.05, 0.1) is 22.2 Å². The first-order valence-corrected chi connectivity index (χ1v) is 10.9. The summed E-state index contributed by atoms with van der Waals surface area (Å²) in [5, 5.41) is 10.2. The van der Waals surface area contributed by atoms with Gasteiger partial charge in [0.1, 0.15) is 18.0 Å². The highest BCUT2D eigenvalue weighted by molar-refractivity contribution is 9.10. The van der Waals surface area contributed by atoms with Crippen LogP contribution >= 0.6 is 15.9 Å². The Kier molecular flexibility index (Phi) is 6.04. The fourth-order valence-corrected chi connectivity index (χ4v) is 4.67. The fourth-order valence-electron chi connectivity index (χ4n) is 4.42. The van der Waals surface area contributed by atoms with E-state index < -0.39 is 17.8 Å². The maximum atomic E-state index is 13.9. The number of hydrogen-bond acceptors (Lipinski definition) is 6. The zero-order valence-corrected chi connectivity index (χ0v) is 18.3. The first-order chi connectivity index (χ1) is 14.4. The molecule has 160 valence electrons. The summed E-state index contributed by atoms with van der Waals surface area (Å²) < 4.78 is 14.3. The molecule has 1 saturated heterocycles. The average Bonchev–Trinajstić information content (AvgIpc) is 3.05. The van der Waals surface area contributed by atoms with Crippen LogP contribution in [0, 0.1) is 5.82 Å². The smallest absolute Gasteiger partial charge is 0.231 e. The standard InChI is InChI=1S/C21H25BrFN5O2/c1-12-8-17(29)19-18(12)20(26-11-25-19)27-4-6-28(7-5-27)21(30)14(10-24)13-2-3-15(22)16(23)9-13/h2-3,9,11-12,14,17,29H,4-8,10,24H2,1H3/t12-,14?,17-/m1/s1. The largest absolute Gasteiger partial charge is 0.387 e. The van der Waals surface area contributed by atoms with Gasteiger partial charge in [0, 0.05) is 38.3 Å². The van der Waals surface area contributed by atoms with Crippen molar-refractivity contribution >= 4 is 27.7 Å². The van der Waals surface area contributed by atoms with Crippen LogP contribution in [0.15, 0.2) is 29.0 Å². The summed E-state index contributed by atoms with van der Waals surface area (Å²) in [6.45, 7) is 4.52. The molecular weight excluding hydrogens is 453 g/mol. The molecule has 3 atom stereocenters. The highest BCUT2D eigenvalue weighted by Crippen LogP contribution is 2.42. The number of nitrogens with two attached hydrogens (primary N) is 1. The second kappa shape index (κ2) is 8.56. The summed E-state index contributed by atoms with van der Waals surface area (Å²) in [5.74, 6) is -0.0213. The van der Waals surface area contributed by atoms with Gasteiger partial charge in [0.2, 0.25) is 5.91 Å². The van der Waals surface area contributed by atoms with E-state index in [1.54, 1.807) is 17.0 Å². The van der Waals surface area contributed by atoms with Gasteiger partial charge in [-0.05, 0) is 46.0 Å². The van der Waals surface area contributed by atoms with E-state index in [-0.39, 0.29) is 18.4 Å². The van der Waals surface area contributed by atoms with Gasteiger partial charge >= 0.3 is 0 Å². The van der Waals surface area contributed by atoms with Gasteiger partial charge in [-0.1, -0.05) is 13.0 Å². The number of carbonyl (C=O) groups is 1. The number of piperazine rings is 1. The van der Waals surface area contributed by atoms with Gasteiger partial charge in [-0.25, -0.2) is 14.4 Å². The molecule has 2 heterocycles. The van der Waals surface area contributed by atoms with Crippen LogP contribution in [0.3, 0.4) is 0 Å². The van der Waals surface area contributed by atoms with E-state index in [0.717, 1.165) is 11.4 Å². The number of halogens is 2. The third-order valence-corrected chi connectivity index (χ3v) is 6.69. The number of aliphatic hydroxyl groups excluding tert-OH is 1. The van der Waals surface area contributed by atoms with Crippen molar-refractivity contribution in [2.45, 2.75) is 31.3 Å². The van der Waals surface area contributed by atoms with Gasteiger partial charge in [-0.3, -0.25) is 4.79 Å². The summed E-state index contributed by atoms with van der Waals surface area (Å²) in [4.78, 5) is 25.8. The topological polar surface area (TPSA) is 95.6 Å². The molecule has 1 aliphatic heterocycles. The summed E-state index contributed by atoms with van der Waals surface area (Å²) in [5.41, 5.74) is 8.18. The Bertz CT molecular complexity index is 951. The molecule has 7 nitrogen and oxygen atoms in total. The number of rotatable bonds is 4. The number of carbonyl (C=O) groups excluding carboxylic acids is 1. The lowest BCUT2D eigenvalue weighted by Crippen LogP contribution is -2.51. The molecule has 2 aliphatic rings. The van der Waals surface area contributed by atoms with Crippen molar-refractivity contribution < 1.29 is 14.3 Å². The van der Waals surface area contributed by atoms with Crippen molar-refractivity contribution in [3.63, 3.8) is 0 Å². The van der Waals surface area contributed by atoms with Crippen LogP contribution < -0.4 is 10.6 Å². The fraction of sp³-hybridized carbons (Fsp3) is 0.476. The van der Waals surface area contributed by atoms with Gasteiger partial charge in [-0.15, -0.1) is 0 Å². The number of hydrogen-bond donors (Lipinski definition) is 2. The van der Waals surface area contributed by atoms with E-state index in [0.29, 0.717) is 48.3 Å². The zero-order chi connectivity index (χ0) is 21.4. The Morgan fingerprint density at radius 3 is 2.73 bits per heavy atom. The molecule has 1 aromatic heterocycles. The summed E-state index contributed by atoms with van der Waals surface area (Å²) in [7, 11) is 0. The minimum Gasteiger partial charge on any atom is -0.387 e. The number of aliphatic hydroxyl groups is 1. The van der Waals surface area contributed by atoms with Crippen molar-refractivity contribution in [1.29, 1.82) is 0 Å². The predicted molar refractivity (Wildman–Crippen MR) is 115 cm³/mol. The molecule has 1 aromatic carbocycles. The third-order valence-electron chi connectivity index (χ3n) is 6.05. The second-order valence-electron chi connectivity index (χ2n) is 7.92. The van der Waals surface area contributed by atoms with Crippen molar-refractivity contribution in [2.24, 2.45) is 5.73 Å². The highest BCUT2D eigenvalue weighted by atomic mass is 79.9. The van der Waals surface area contributed by atoms with Crippen LogP contribution in [-0.4, -0.2) is 58.6 Å². The monoisotopic (exact) mass is 477 g/mol. The van der Waals surface area contributed by atoms with Gasteiger partial charge in [0.25, 0.3) is 0 Å². The normalized spacial score (nSPS) is 22.2. The Balaban J connectivity index is 1.47. The molecule has 2 aromatic rings. The molecule has 1 aliphatic carbocycles.